The maximum Gasteiger partial charge on any atom is 0.309 e. The van der Waals surface area contributed by atoms with Crippen LogP contribution in [0.5, 0.6) is 0 Å². The van der Waals surface area contributed by atoms with Crippen LogP contribution in [0.15, 0.2) is 12.2 Å². The van der Waals surface area contributed by atoms with Crippen molar-refractivity contribution in [2.24, 2.45) is 62.1 Å². The molecule has 11 atom stereocenters. The molecular formula is C42H67NO6. The third kappa shape index (κ3) is 5.55. The lowest BCUT2D eigenvalue weighted by Gasteiger charge is -2.73. The van der Waals surface area contributed by atoms with E-state index >= 15 is 0 Å². The van der Waals surface area contributed by atoms with Gasteiger partial charge in [0.1, 0.15) is 6.10 Å². The second-order valence-corrected chi connectivity index (χ2v) is 20.0. The molecule has 6 aliphatic rings. The van der Waals surface area contributed by atoms with Gasteiger partial charge in [0.05, 0.1) is 24.5 Å². The Bertz CT molecular complexity index is 1350. The number of aliphatic hydroxyl groups excluding tert-OH is 1. The quantitative estimate of drug-likeness (QED) is 0.197. The zero-order valence-corrected chi connectivity index (χ0v) is 32.0. The smallest absolute Gasteiger partial charge is 0.309 e. The molecule has 6 rings (SSSR count). The zero-order chi connectivity index (χ0) is 35.9. The third-order valence-corrected chi connectivity index (χ3v) is 17.0. The van der Waals surface area contributed by atoms with Crippen molar-refractivity contribution in [3.05, 3.63) is 12.2 Å². The van der Waals surface area contributed by atoms with Crippen molar-refractivity contribution in [3.63, 3.8) is 0 Å². The van der Waals surface area contributed by atoms with Crippen LogP contribution in [0.25, 0.3) is 0 Å². The van der Waals surface area contributed by atoms with Crippen LogP contribution in [0.4, 0.5) is 0 Å². The summed E-state index contributed by atoms with van der Waals surface area (Å²) < 4.78 is 6.17. The van der Waals surface area contributed by atoms with E-state index in [9.17, 15) is 24.6 Å². The molecule has 7 heteroatoms. The molecule has 0 bridgehead atoms. The minimum absolute atomic E-state index is 0.0146. The third-order valence-electron chi connectivity index (χ3n) is 17.0. The summed E-state index contributed by atoms with van der Waals surface area (Å²) in [6, 6.07) is -0.0146. The highest BCUT2D eigenvalue weighted by molar-refractivity contribution is 5.81. The Balaban J connectivity index is 1.25. The lowest BCUT2D eigenvalue weighted by molar-refractivity contribution is -0.250. The number of fused-ring (bicyclic) bond motifs is 7. The van der Waals surface area contributed by atoms with Crippen molar-refractivity contribution < 1.29 is 29.3 Å². The van der Waals surface area contributed by atoms with Crippen molar-refractivity contribution in [2.75, 3.05) is 13.2 Å². The van der Waals surface area contributed by atoms with E-state index in [1.54, 1.807) is 13.8 Å². The van der Waals surface area contributed by atoms with Crippen molar-refractivity contribution in [3.8, 4) is 0 Å². The van der Waals surface area contributed by atoms with Gasteiger partial charge in [0.25, 0.3) is 0 Å². The number of hydrogen-bond acceptors (Lipinski definition) is 5. The van der Waals surface area contributed by atoms with Gasteiger partial charge < -0.3 is 19.8 Å². The molecule has 0 aromatic heterocycles. The maximum absolute atomic E-state index is 14.0. The number of aliphatic hydroxyl groups is 1. The fraction of sp³-hybridized carbons (Fsp3) is 0.881. The molecule has 1 amide bonds. The molecule has 1 heterocycles. The normalized spacial score (nSPS) is 44.3. The van der Waals surface area contributed by atoms with Crippen LogP contribution in [0.3, 0.4) is 0 Å². The van der Waals surface area contributed by atoms with Gasteiger partial charge in [-0.05, 0) is 149 Å². The molecule has 49 heavy (non-hydrogen) atoms. The number of carbonyl (C=O) groups excluding carboxylic acids is 2. The predicted molar refractivity (Wildman–Crippen MR) is 191 cm³/mol. The maximum atomic E-state index is 14.0. The second-order valence-electron chi connectivity index (χ2n) is 20.0. The van der Waals surface area contributed by atoms with E-state index in [1.165, 1.54) is 31.3 Å². The lowest BCUT2D eigenvalue weighted by Crippen LogP contribution is -2.67. The van der Waals surface area contributed by atoms with E-state index in [4.69, 9.17) is 4.74 Å². The number of aliphatic carboxylic acids is 1. The Morgan fingerprint density at radius 2 is 1.59 bits per heavy atom. The minimum Gasteiger partial charge on any atom is -0.481 e. The van der Waals surface area contributed by atoms with Gasteiger partial charge in [0.15, 0.2) is 0 Å². The molecular weight excluding hydrogens is 614 g/mol. The molecule has 0 aromatic rings. The molecule has 6 fully saturated rings. The first-order valence-corrected chi connectivity index (χ1v) is 19.8. The topological polar surface area (TPSA) is 104 Å². The van der Waals surface area contributed by atoms with Crippen LogP contribution in [-0.2, 0) is 19.1 Å². The average Bonchev–Trinajstić information content (AvgIpc) is 3.64. The summed E-state index contributed by atoms with van der Waals surface area (Å²) in [4.78, 5) is 40.8. The fourth-order valence-electron chi connectivity index (χ4n) is 14.2. The van der Waals surface area contributed by atoms with E-state index in [0.29, 0.717) is 36.0 Å². The number of allylic oxidation sites excluding steroid dienone is 1. The Kier molecular flexibility index (Phi) is 9.31. The molecule has 276 valence electrons. The number of ether oxygens (including phenoxy) is 1. The van der Waals surface area contributed by atoms with E-state index in [-0.39, 0.29) is 58.2 Å². The molecule has 1 unspecified atom stereocenters. The molecule has 1 aliphatic heterocycles. The van der Waals surface area contributed by atoms with Gasteiger partial charge in [0, 0.05) is 18.4 Å². The summed E-state index contributed by atoms with van der Waals surface area (Å²) in [5.41, 5.74) is 0.470. The van der Waals surface area contributed by atoms with Gasteiger partial charge in [-0.15, -0.1) is 0 Å². The largest absolute Gasteiger partial charge is 0.481 e. The number of nitrogens with zero attached hydrogens (tertiary/aromatic N) is 1. The van der Waals surface area contributed by atoms with Gasteiger partial charge in [-0.3, -0.25) is 14.4 Å². The molecule has 0 aromatic carbocycles. The van der Waals surface area contributed by atoms with E-state index in [2.05, 4.69) is 48.1 Å². The first-order chi connectivity index (χ1) is 22.8. The van der Waals surface area contributed by atoms with E-state index < -0.39 is 17.4 Å². The van der Waals surface area contributed by atoms with Crippen molar-refractivity contribution in [2.45, 2.75) is 157 Å². The summed E-state index contributed by atoms with van der Waals surface area (Å²) in [7, 11) is 0. The summed E-state index contributed by atoms with van der Waals surface area (Å²) in [5.74, 6) is 1.41. The summed E-state index contributed by atoms with van der Waals surface area (Å²) in [6.07, 6.45) is 13.3. The monoisotopic (exact) mass is 681 g/mol. The number of esters is 1. The fourth-order valence-corrected chi connectivity index (χ4v) is 14.2. The van der Waals surface area contributed by atoms with Gasteiger partial charge in [0.2, 0.25) is 5.91 Å². The van der Waals surface area contributed by atoms with Crippen LogP contribution in [0.2, 0.25) is 0 Å². The molecule has 0 spiro atoms. The van der Waals surface area contributed by atoms with Gasteiger partial charge in [-0.1, -0.05) is 46.8 Å². The van der Waals surface area contributed by atoms with Gasteiger partial charge in [-0.2, -0.15) is 0 Å². The number of likely N-dealkylation sites (tertiary alicyclic amines) is 1. The van der Waals surface area contributed by atoms with Crippen molar-refractivity contribution in [1.82, 2.24) is 4.90 Å². The molecule has 5 aliphatic carbocycles. The van der Waals surface area contributed by atoms with Crippen LogP contribution in [0.1, 0.15) is 145 Å². The lowest BCUT2D eigenvalue weighted by atomic mass is 9.32. The summed E-state index contributed by atoms with van der Waals surface area (Å²) in [5, 5.41) is 19.6. The Morgan fingerprint density at radius 1 is 0.878 bits per heavy atom. The first-order valence-electron chi connectivity index (χ1n) is 19.8. The van der Waals surface area contributed by atoms with E-state index in [1.807, 2.05) is 4.90 Å². The Labute approximate surface area is 296 Å². The molecule has 0 radical (unpaired) electrons. The van der Waals surface area contributed by atoms with Crippen molar-refractivity contribution >= 4 is 17.8 Å². The molecule has 1 saturated heterocycles. The van der Waals surface area contributed by atoms with Crippen LogP contribution in [-0.4, -0.2) is 58.3 Å². The number of carboxylic acids is 1. The van der Waals surface area contributed by atoms with Crippen LogP contribution < -0.4 is 0 Å². The predicted octanol–water partition coefficient (Wildman–Crippen LogP) is 8.43. The first kappa shape index (κ1) is 36.9. The highest BCUT2D eigenvalue weighted by Crippen LogP contribution is 2.78. The Hall–Kier alpha value is -1.89. The highest BCUT2D eigenvalue weighted by atomic mass is 16.5. The number of rotatable bonds is 8. The second kappa shape index (κ2) is 12.4. The van der Waals surface area contributed by atoms with Gasteiger partial charge in [-0.25, -0.2) is 0 Å². The molecule has 7 nitrogen and oxygen atoms in total. The minimum atomic E-state index is -1.14. The number of carboxylic acid groups (broad SMARTS) is 1. The average molecular weight is 682 g/mol. The Morgan fingerprint density at radius 3 is 2.24 bits per heavy atom. The molecule has 2 N–H and O–H groups in total. The van der Waals surface area contributed by atoms with E-state index in [0.717, 1.165) is 57.9 Å². The molecule has 5 saturated carbocycles. The highest BCUT2D eigenvalue weighted by Gasteiger charge is 2.71. The summed E-state index contributed by atoms with van der Waals surface area (Å²) in [6.45, 7) is 23.2. The van der Waals surface area contributed by atoms with Gasteiger partial charge >= 0.3 is 11.9 Å². The summed E-state index contributed by atoms with van der Waals surface area (Å²) >= 11 is 0. The number of hydrogen-bond donors (Lipinski definition) is 2. The van der Waals surface area contributed by atoms with Crippen LogP contribution in [0, 0.1) is 62.1 Å². The number of carbonyl (C=O) groups is 3. The van der Waals surface area contributed by atoms with Crippen LogP contribution >= 0.6 is 0 Å². The standard InChI is InChI=1S/C42H67NO6/c1-26(2)28-14-19-42(23-33(45)43-22-10-11-27(43)25-44)21-20-40(8)29(35(28)42)12-13-31-39(7)17-16-32(49-34(46)24-37(3,4)36(47)48)38(5,6)30(39)15-18-41(31,40)9/h27-32,35,44H,1,10-25H2,2-9H3,(H,47,48)/t27-,28?,29-,30+,31-,32+,35-,39+,40-,41-,42-/m1/s1. The zero-order valence-electron chi connectivity index (χ0n) is 32.0. The SMILES string of the molecule is C=C(C)C1CC[C@]2(CC(=O)N3CCC[C@@H]3CO)CC[C@]3(C)[C@H](CC[C@@H]4[C@@]5(C)CC[C@H](OC(=O)CC(C)(C)C(=O)O)C(C)(C)[C@@H]5CC[C@]43C)[C@@H]12. The van der Waals surface area contributed by atoms with Crippen molar-refractivity contribution in [1.29, 1.82) is 0 Å². The number of amides is 1.